The largest absolute Gasteiger partial charge is 0.458 e. The maximum Gasteiger partial charge on any atom is 0.404 e. The van der Waals surface area contributed by atoms with Gasteiger partial charge in [0.25, 0.3) is 0 Å². The highest BCUT2D eigenvalue weighted by molar-refractivity contribution is 5.77. The molecule has 3 nitrogen and oxygen atoms in total. The van der Waals surface area contributed by atoms with Crippen molar-refractivity contribution >= 4 is 5.97 Å². The maximum absolute atomic E-state index is 13.0. The van der Waals surface area contributed by atoms with E-state index in [9.17, 15) is 23.1 Å². The molecule has 0 heterocycles. The zero-order valence-corrected chi connectivity index (χ0v) is 12.3. The molecule has 4 aliphatic carbocycles. The molecule has 0 saturated heterocycles. The predicted molar refractivity (Wildman–Crippen MR) is 68.3 cm³/mol. The first-order valence-electron chi connectivity index (χ1n) is 7.47. The van der Waals surface area contributed by atoms with Gasteiger partial charge in [-0.05, 0) is 57.8 Å². The Hall–Kier alpha value is -0.780. The van der Waals surface area contributed by atoms with Crippen LogP contribution >= 0.6 is 0 Å². The molecule has 0 spiro atoms. The van der Waals surface area contributed by atoms with Gasteiger partial charge in [-0.25, -0.2) is 0 Å². The molecule has 2 unspecified atom stereocenters. The number of carbonyl (C=O) groups is 1. The zero-order valence-electron chi connectivity index (χ0n) is 12.3. The second-order valence-corrected chi connectivity index (χ2v) is 7.88. The van der Waals surface area contributed by atoms with Crippen molar-refractivity contribution in [2.75, 3.05) is 0 Å². The Bertz CT molecular complexity index is 455. The Morgan fingerprint density at radius 1 is 1.14 bits per heavy atom. The van der Waals surface area contributed by atoms with Crippen LogP contribution in [0, 0.1) is 17.3 Å². The van der Waals surface area contributed by atoms with Crippen LogP contribution in [0.15, 0.2) is 0 Å². The Labute approximate surface area is 121 Å². The van der Waals surface area contributed by atoms with Crippen LogP contribution in [0.5, 0.6) is 0 Å². The Kier molecular flexibility index (Phi) is 2.99. The normalized spacial score (nSPS) is 42.2. The van der Waals surface area contributed by atoms with Crippen molar-refractivity contribution in [3.05, 3.63) is 0 Å². The van der Waals surface area contributed by atoms with E-state index in [1.165, 1.54) is 0 Å². The van der Waals surface area contributed by atoms with Crippen LogP contribution in [0.1, 0.15) is 52.4 Å². The number of halogens is 3. The molecule has 4 rings (SSSR count). The minimum absolute atomic E-state index is 0.262. The zero-order chi connectivity index (χ0) is 15.7. The highest BCUT2D eigenvalue weighted by Crippen LogP contribution is 2.59. The number of carbonyl (C=O) groups excluding carboxylic acids is 1. The van der Waals surface area contributed by atoms with Crippen LogP contribution in [0.2, 0.25) is 0 Å². The van der Waals surface area contributed by atoms with Gasteiger partial charge in [0.1, 0.15) is 5.60 Å². The lowest BCUT2D eigenvalue weighted by Crippen LogP contribution is -2.61. The minimum atomic E-state index is -4.64. The van der Waals surface area contributed by atoms with Gasteiger partial charge < -0.3 is 9.84 Å². The molecule has 0 radical (unpaired) electrons. The highest BCUT2D eigenvalue weighted by Gasteiger charge is 2.62. The molecule has 0 aromatic rings. The fraction of sp³-hybridized carbons (Fsp3) is 0.933. The van der Waals surface area contributed by atoms with Gasteiger partial charge in [0.15, 0.2) is 5.41 Å². The van der Waals surface area contributed by atoms with Gasteiger partial charge in [-0.15, -0.1) is 0 Å². The SMILES string of the molecule is CC(C)(C(=O)OC12CC3CC(CC(O)(C3)C1)C2)C(F)(F)F. The fourth-order valence-electron chi connectivity index (χ4n) is 4.69. The summed E-state index contributed by atoms with van der Waals surface area (Å²) in [4.78, 5) is 12.1. The number of hydrogen-bond acceptors (Lipinski definition) is 3. The van der Waals surface area contributed by atoms with Gasteiger partial charge in [-0.3, -0.25) is 4.79 Å². The molecule has 4 aliphatic rings. The van der Waals surface area contributed by atoms with Crippen molar-refractivity contribution in [1.29, 1.82) is 0 Å². The van der Waals surface area contributed by atoms with Crippen molar-refractivity contribution in [3.8, 4) is 0 Å². The number of aliphatic hydroxyl groups is 1. The molecule has 120 valence electrons. The van der Waals surface area contributed by atoms with Crippen LogP contribution in [0.25, 0.3) is 0 Å². The van der Waals surface area contributed by atoms with Gasteiger partial charge in [0, 0.05) is 6.42 Å². The second-order valence-electron chi connectivity index (χ2n) is 7.88. The molecule has 0 aromatic carbocycles. The van der Waals surface area contributed by atoms with E-state index in [1.54, 1.807) is 0 Å². The molecule has 4 fully saturated rings. The first kappa shape index (κ1) is 15.1. The first-order valence-corrected chi connectivity index (χ1v) is 7.47. The lowest BCUT2D eigenvalue weighted by Gasteiger charge is -2.59. The van der Waals surface area contributed by atoms with E-state index in [-0.39, 0.29) is 18.3 Å². The number of esters is 1. The lowest BCUT2D eigenvalue weighted by molar-refractivity contribution is -0.252. The van der Waals surface area contributed by atoms with Crippen molar-refractivity contribution in [2.45, 2.75) is 69.8 Å². The van der Waals surface area contributed by atoms with Gasteiger partial charge in [0.05, 0.1) is 5.60 Å². The third-order valence-electron chi connectivity index (χ3n) is 5.50. The molecule has 1 N–H and O–H groups in total. The van der Waals surface area contributed by atoms with E-state index in [0.717, 1.165) is 20.3 Å². The van der Waals surface area contributed by atoms with Gasteiger partial charge in [-0.1, -0.05) is 0 Å². The van der Waals surface area contributed by atoms with E-state index in [0.29, 0.717) is 25.7 Å². The summed E-state index contributed by atoms with van der Waals surface area (Å²) < 4.78 is 44.3. The molecule has 0 aromatic heterocycles. The summed E-state index contributed by atoms with van der Waals surface area (Å²) in [6.45, 7) is 1.70. The minimum Gasteiger partial charge on any atom is -0.458 e. The molecular formula is C15H21F3O3. The third-order valence-corrected chi connectivity index (χ3v) is 5.50. The number of ether oxygens (including phenoxy) is 1. The monoisotopic (exact) mass is 306 g/mol. The van der Waals surface area contributed by atoms with E-state index >= 15 is 0 Å². The molecule has 0 amide bonds. The summed E-state index contributed by atoms with van der Waals surface area (Å²) >= 11 is 0. The van der Waals surface area contributed by atoms with Crippen LogP contribution in [-0.2, 0) is 9.53 Å². The molecule has 21 heavy (non-hydrogen) atoms. The Balaban J connectivity index is 1.80. The summed E-state index contributed by atoms with van der Waals surface area (Å²) in [6.07, 6.45) is -0.811. The van der Waals surface area contributed by atoms with Crippen LogP contribution in [0.4, 0.5) is 13.2 Å². The van der Waals surface area contributed by atoms with E-state index in [1.807, 2.05) is 0 Å². The number of rotatable bonds is 2. The second kappa shape index (κ2) is 4.15. The Morgan fingerprint density at radius 3 is 2.10 bits per heavy atom. The maximum atomic E-state index is 13.0. The van der Waals surface area contributed by atoms with Crippen molar-refractivity contribution in [2.24, 2.45) is 17.3 Å². The summed E-state index contributed by atoms with van der Waals surface area (Å²) in [6, 6.07) is 0. The molecule has 6 heteroatoms. The smallest absolute Gasteiger partial charge is 0.404 e. The summed E-state index contributed by atoms with van der Waals surface area (Å²) in [5.74, 6) is -0.698. The van der Waals surface area contributed by atoms with Crippen molar-refractivity contribution < 1.29 is 27.8 Å². The van der Waals surface area contributed by atoms with Gasteiger partial charge >= 0.3 is 12.1 Å². The van der Waals surface area contributed by atoms with E-state index in [2.05, 4.69) is 0 Å². The van der Waals surface area contributed by atoms with Gasteiger partial charge in [-0.2, -0.15) is 13.2 Å². The predicted octanol–water partition coefficient (Wildman–Crippen LogP) is 3.20. The average Bonchev–Trinajstić information content (AvgIpc) is 2.22. The first-order chi connectivity index (χ1) is 9.45. The molecule has 4 saturated carbocycles. The standard InChI is InChI=1S/C15H21F3O3/c1-12(2,15(16,17)18)11(19)21-14-6-9-3-10(7-14)5-13(20,4-9)8-14/h9-10,20H,3-8H2,1-2H3. The topological polar surface area (TPSA) is 46.5 Å². The van der Waals surface area contributed by atoms with Crippen LogP contribution in [-0.4, -0.2) is 28.5 Å². The van der Waals surface area contributed by atoms with Crippen molar-refractivity contribution in [1.82, 2.24) is 0 Å². The summed E-state index contributed by atoms with van der Waals surface area (Å²) in [5.41, 5.74) is -4.26. The summed E-state index contributed by atoms with van der Waals surface area (Å²) in [5, 5.41) is 10.5. The van der Waals surface area contributed by atoms with Gasteiger partial charge in [0.2, 0.25) is 0 Å². The van der Waals surface area contributed by atoms with Crippen molar-refractivity contribution in [3.63, 3.8) is 0 Å². The number of hydrogen-bond donors (Lipinski definition) is 1. The summed E-state index contributed by atoms with van der Waals surface area (Å²) in [7, 11) is 0. The van der Waals surface area contributed by atoms with Crippen LogP contribution in [0.3, 0.4) is 0 Å². The lowest BCUT2D eigenvalue weighted by atomic mass is 9.52. The van der Waals surface area contributed by atoms with Crippen LogP contribution < -0.4 is 0 Å². The molecule has 2 atom stereocenters. The number of alkyl halides is 3. The molecular weight excluding hydrogens is 285 g/mol. The highest BCUT2D eigenvalue weighted by atomic mass is 19.4. The van der Waals surface area contributed by atoms with E-state index in [4.69, 9.17) is 4.74 Å². The average molecular weight is 306 g/mol. The molecule has 4 bridgehead atoms. The Morgan fingerprint density at radius 2 is 1.67 bits per heavy atom. The fourth-order valence-corrected chi connectivity index (χ4v) is 4.69. The molecule has 0 aliphatic heterocycles. The third kappa shape index (κ3) is 2.35. The van der Waals surface area contributed by atoms with E-state index < -0.39 is 28.8 Å². The quantitative estimate of drug-likeness (QED) is 0.797.